The van der Waals surface area contributed by atoms with Gasteiger partial charge in [0, 0.05) is 42.1 Å². The summed E-state index contributed by atoms with van der Waals surface area (Å²) in [6.07, 6.45) is 1.79. The molecular weight excluding hydrogens is 422 g/mol. The number of thioether (sulfide) groups is 1. The highest BCUT2D eigenvalue weighted by molar-refractivity contribution is 7.98. The van der Waals surface area contributed by atoms with E-state index in [4.69, 9.17) is 12.2 Å². The van der Waals surface area contributed by atoms with Crippen molar-refractivity contribution in [1.29, 1.82) is 0 Å². The Bertz CT molecular complexity index is 1060. The minimum absolute atomic E-state index is 0.108. The molecule has 1 fully saturated rings. The van der Waals surface area contributed by atoms with Crippen LogP contribution >= 0.6 is 35.3 Å². The second kappa shape index (κ2) is 8.81. The van der Waals surface area contributed by atoms with E-state index in [9.17, 15) is 4.79 Å². The Labute approximate surface area is 183 Å². The number of nitrogens with one attached hydrogen (secondary N) is 1. The Morgan fingerprint density at radius 3 is 2.76 bits per heavy atom. The van der Waals surface area contributed by atoms with Crippen LogP contribution in [0.4, 0.5) is 0 Å². The molecule has 4 rings (SSSR count). The number of benzene rings is 1. The third kappa shape index (κ3) is 4.46. The summed E-state index contributed by atoms with van der Waals surface area (Å²) in [4.78, 5) is 20.7. The Hall–Kier alpha value is -1.97. The molecule has 1 aliphatic heterocycles. The zero-order chi connectivity index (χ0) is 20.4. The second-order valence-electron chi connectivity index (χ2n) is 7.16. The summed E-state index contributed by atoms with van der Waals surface area (Å²) in [5.74, 6) is 2.19. The molecule has 152 valence electrons. The number of nitrogens with zero attached hydrogens (tertiary/aromatic N) is 4. The molecule has 1 aromatic carbocycles. The number of rotatable bonds is 5. The predicted molar refractivity (Wildman–Crippen MR) is 119 cm³/mol. The Balaban J connectivity index is 1.42. The van der Waals surface area contributed by atoms with Crippen LogP contribution in [0.3, 0.4) is 0 Å². The minimum atomic E-state index is 0.108. The highest BCUT2D eigenvalue weighted by atomic mass is 32.2. The van der Waals surface area contributed by atoms with Crippen LogP contribution in [0.2, 0.25) is 0 Å². The lowest BCUT2D eigenvalue weighted by atomic mass is 9.95. The van der Waals surface area contributed by atoms with E-state index < -0.39 is 0 Å². The number of amides is 1. The van der Waals surface area contributed by atoms with Crippen molar-refractivity contribution in [3.05, 3.63) is 56.5 Å². The van der Waals surface area contributed by atoms with Gasteiger partial charge < -0.3 is 9.47 Å². The standard InChI is InChI=1S/C20H23N5OS3/c1-13-21-15(11-28-13)12-29-17-6-4-3-5-16(17)19(26)25-9-7-14(8-10-25)18-22-23-20(27)24(18)2/h3-6,11,14H,7-10,12H2,1-2H3,(H,23,27). The van der Waals surface area contributed by atoms with Crippen LogP contribution in [-0.4, -0.2) is 43.6 Å². The average molecular weight is 446 g/mol. The van der Waals surface area contributed by atoms with E-state index >= 15 is 0 Å². The fraction of sp³-hybridized carbons (Fsp3) is 0.400. The maximum absolute atomic E-state index is 13.2. The molecule has 29 heavy (non-hydrogen) atoms. The van der Waals surface area contributed by atoms with Crippen molar-refractivity contribution in [2.45, 2.75) is 36.3 Å². The van der Waals surface area contributed by atoms with Crippen LogP contribution in [0.1, 0.15) is 45.6 Å². The number of likely N-dealkylation sites (tertiary alicyclic amines) is 1. The summed E-state index contributed by atoms with van der Waals surface area (Å²) in [5, 5.41) is 10.4. The summed E-state index contributed by atoms with van der Waals surface area (Å²) in [5.41, 5.74) is 1.84. The van der Waals surface area contributed by atoms with Crippen LogP contribution in [0.25, 0.3) is 0 Å². The number of H-pyrrole nitrogens is 1. The lowest BCUT2D eigenvalue weighted by Crippen LogP contribution is -2.38. The van der Waals surface area contributed by atoms with E-state index in [1.54, 1.807) is 23.1 Å². The molecule has 0 bridgehead atoms. The minimum Gasteiger partial charge on any atom is -0.339 e. The van der Waals surface area contributed by atoms with Gasteiger partial charge in [-0.25, -0.2) is 4.98 Å². The SMILES string of the molecule is Cc1nc(CSc2ccccc2C(=O)N2CCC(c3n[nH]c(=S)n3C)CC2)cs1. The molecule has 3 heterocycles. The van der Waals surface area contributed by atoms with Crippen molar-refractivity contribution in [2.75, 3.05) is 13.1 Å². The zero-order valence-corrected chi connectivity index (χ0v) is 18.9. The second-order valence-corrected chi connectivity index (χ2v) is 9.62. The molecule has 1 amide bonds. The quantitative estimate of drug-likeness (QED) is 0.461. The van der Waals surface area contributed by atoms with Crippen molar-refractivity contribution in [2.24, 2.45) is 7.05 Å². The van der Waals surface area contributed by atoms with Crippen molar-refractivity contribution in [1.82, 2.24) is 24.6 Å². The maximum atomic E-state index is 13.2. The molecule has 0 atom stereocenters. The average Bonchev–Trinajstić information content (AvgIpc) is 3.31. The third-order valence-electron chi connectivity index (χ3n) is 5.22. The van der Waals surface area contributed by atoms with Gasteiger partial charge in [-0.3, -0.25) is 9.89 Å². The fourth-order valence-corrected chi connectivity index (χ4v) is 5.42. The van der Waals surface area contributed by atoms with Gasteiger partial charge in [-0.15, -0.1) is 23.1 Å². The molecule has 1 saturated heterocycles. The number of aromatic amines is 1. The van der Waals surface area contributed by atoms with E-state index in [0.717, 1.165) is 58.7 Å². The number of aryl methyl sites for hydroxylation is 1. The molecule has 3 aromatic rings. The highest BCUT2D eigenvalue weighted by Crippen LogP contribution is 2.30. The molecule has 1 aliphatic rings. The number of carbonyl (C=O) groups excluding carboxylic acids is 1. The summed E-state index contributed by atoms with van der Waals surface area (Å²) >= 11 is 8.56. The van der Waals surface area contributed by atoms with Crippen LogP contribution in [0.5, 0.6) is 0 Å². The topological polar surface area (TPSA) is 66.8 Å². The Morgan fingerprint density at radius 2 is 2.10 bits per heavy atom. The van der Waals surface area contributed by atoms with E-state index in [-0.39, 0.29) is 5.91 Å². The smallest absolute Gasteiger partial charge is 0.254 e. The van der Waals surface area contributed by atoms with Crippen LogP contribution in [0, 0.1) is 11.7 Å². The lowest BCUT2D eigenvalue weighted by Gasteiger charge is -2.32. The lowest BCUT2D eigenvalue weighted by molar-refractivity contribution is 0.0707. The van der Waals surface area contributed by atoms with Crippen molar-refractivity contribution in [3.63, 3.8) is 0 Å². The van der Waals surface area contributed by atoms with Gasteiger partial charge in [0.05, 0.1) is 16.3 Å². The Morgan fingerprint density at radius 1 is 1.34 bits per heavy atom. The van der Waals surface area contributed by atoms with Gasteiger partial charge in [-0.05, 0) is 44.1 Å². The van der Waals surface area contributed by atoms with Crippen molar-refractivity contribution in [3.8, 4) is 0 Å². The van der Waals surface area contributed by atoms with Crippen LogP contribution < -0.4 is 0 Å². The number of hydrogen-bond donors (Lipinski definition) is 1. The van der Waals surface area contributed by atoms with Gasteiger partial charge in [-0.2, -0.15) is 5.10 Å². The highest BCUT2D eigenvalue weighted by Gasteiger charge is 2.28. The maximum Gasteiger partial charge on any atom is 0.254 e. The molecule has 9 heteroatoms. The van der Waals surface area contributed by atoms with Crippen LogP contribution in [0.15, 0.2) is 34.5 Å². The molecule has 1 N–H and O–H groups in total. The molecule has 2 aromatic heterocycles. The molecule has 0 aliphatic carbocycles. The summed E-state index contributed by atoms with van der Waals surface area (Å²) < 4.78 is 2.57. The first-order chi connectivity index (χ1) is 14.0. The van der Waals surface area contributed by atoms with Gasteiger partial charge in [0.1, 0.15) is 5.82 Å². The molecule has 0 spiro atoms. The number of carbonyl (C=O) groups is 1. The molecule has 0 radical (unpaired) electrons. The monoisotopic (exact) mass is 445 g/mol. The zero-order valence-electron chi connectivity index (χ0n) is 16.4. The largest absolute Gasteiger partial charge is 0.339 e. The van der Waals surface area contributed by atoms with Gasteiger partial charge in [0.25, 0.3) is 5.91 Å². The predicted octanol–water partition coefficient (Wildman–Crippen LogP) is 4.55. The van der Waals surface area contributed by atoms with Crippen molar-refractivity contribution >= 4 is 41.2 Å². The number of aromatic nitrogens is 4. The summed E-state index contributed by atoms with van der Waals surface area (Å²) in [6.45, 7) is 3.47. The Kier molecular flexibility index (Phi) is 6.17. The van der Waals surface area contributed by atoms with E-state index in [0.29, 0.717) is 10.7 Å². The fourth-order valence-electron chi connectivity index (χ4n) is 3.63. The molecule has 0 unspecified atom stereocenters. The number of hydrogen-bond acceptors (Lipinski definition) is 6. The van der Waals surface area contributed by atoms with E-state index in [1.165, 1.54) is 0 Å². The summed E-state index contributed by atoms with van der Waals surface area (Å²) in [6, 6.07) is 7.88. The molecule has 6 nitrogen and oxygen atoms in total. The number of piperidine rings is 1. The molecular formula is C20H23N5OS3. The normalized spacial score (nSPS) is 15.0. The summed E-state index contributed by atoms with van der Waals surface area (Å²) in [7, 11) is 1.94. The number of thiazole rings is 1. The first-order valence-electron chi connectivity index (χ1n) is 9.56. The van der Waals surface area contributed by atoms with Gasteiger partial charge in [-0.1, -0.05) is 12.1 Å². The molecule has 0 saturated carbocycles. The van der Waals surface area contributed by atoms with E-state index in [1.807, 2.05) is 47.7 Å². The van der Waals surface area contributed by atoms with Gasteiger partial charge >= 0.3 is 0 Å². The van der Waals surface area contributed by atoms with Gasteiger partial charge in [0.2, 0.25) is 0 Å². The van der Waals surface area contributed by atoms with Gasteiger partial charge in [0.15, 0.2) is 4.77 Å². The van der Waals surface area contributed by atoms with Crippen molar-refractivity contribution < 1.29 is 4.79 Å². The first-order valence-corrected chi connectivity index (χ1v) is 11.8. The first kappa shape index (κ1) is 20.3. The van der Waals surface area contributed by atoms with Crippen LogP contribution in [-0.2, 0) is 12.8 Å². The third-order valence-corrected chi connectivity index (χ3v) is 7.52. The van der Waals surface area contributed by atoms with E-state index in [2.05, 4.69) is 20.6 Å².